The van der Waals surface area contributed by atoms with Crippen molar-refractivity contribution in [2.45, 2.75) is 32.5 Å². The number of carbonyl (C=O) groups excluding carboxylic acids is 2. The van der Waals surface area contributed by atoms with Gasteiger partial charge < -0.3 is 14.8 Å². The van der Waals surface area contributed by atoms with E-state index >= 15 is 0 Å². The van der Waals surface area contributed by atoms with Gasteiger partial charge in [0.25, 0.3) is 0 Å². The van der Waals surface area contributed by atoms with Crippen molar-refractivity contribution < 1.29 is 19.1 Å². The number of nitrogens with one attached hydrogen (secondary N) is 3. The minimum absolute atomic E-state index is 0.108. The summed E-state index contributed by atoms with van der Waals surface area (Å²) >= 11 is 3.46. The van der Waals surface area contributed by atoms with Gasteiger partial charge in [-0.1, -0.05) is 28.1 Å². The molecule has 1 aliphatic heterocycles. The van der Waals surface area contributed by atoms with Crippen molar-refractivity contribution in [1.29, 1.82) is 0 Å². The number of hydrogen-bond donors (Lipinski definition) is 3. The Morgan fingerprint density at radius 2 is 1.92 bits per heavy atom. The fraction of sp³-hybridized carbons (Fsp3) is 0.412. The molecule has 0 aromatic heterocycles. The zero-order valence-corrected chi connectivity index (χ0v) is 15.8. The SMILES string of the molecule is CCOC(=O)C(=CNC1CC(c2cccc(Br)c2)NN1)C(=O)OCC. The summed E-state index contributed by atoms with van der Waals surface area (Å²) in [5.74, 6) is -1.41. The molecule has 0 saturated carbocycles. The molecule has 0 radical (unpaired) electrons. The summed E-state index contributed by atoms with van der Waals surface area (Å²) in [6, 6.07) is 8.12. The van der Waals surface area contributed by atoms with E-state index in [-0.39, 0.29) is 31.0 Å². The summed E-state index contributed by atoms with van der Waals surface area (Å²) in [6.07, 6.45) is 1.92. The second kappa shape index (κ2) is 9.55. The lowest BCUT2D eigenvalue weighted by molar-refractivity contribution is -0.146. The first-order valence-corrected chi connectivity index (χ1v) is 8.91. The number of esters is 2. The highest BCUT2D eigenvalue weighted by atomic mass is 79.9. The van der Waals surface area contributed by atoms with Crippen LogP contribution in [0.1, 0.15) is 31.9 Å². The lowest BCUT2D eigenvalue weighted by Gasteiger charge is -2.12. The molecule has 1 saturated heterocycles. The largest absolute Gasteiger partial charge is 0.462 e. The standard InChI is InChI=1S/C17H22BrN3O4/c1-3-24-16(22)13(17(23)25-4-2)10-19-15-9-14(20-21-15)11-6-5-7-12(18)8-11/h5-8,10,14-15,19-21H,3-4,9H2,1-2H3. The summed E-state index contributed by atoms with van der Waals surface area (Å²) < 4.78 is 10.8. The number of ether oxygens (including phenoxy) is 2. The predicted octanol–water partition coefficient (Wildman–Crippen LogP) is 1.91. The quantitative estimate of drug-likeness (QED) is 0.273. The van der Waals surface area contributed by atoms with Gasteiger partial charge in [0, 0.05) is 23.1 Å². The Bertz CT molecular complexity index is 631. The molecule has 136 valence electrons. The van der Waals surface area contributed by atoms with Crippen molar-refractivity contribution in [2.24, 2.45) is 0 Å². The Kier molecular flexibility index (Phi) is 7.42. The average Bonchev–Trinajstić information content (AvgIpc) is 3.04. The molecular weight excluding hydrogens is 390 g/mol. The maximum absolute atomic E-state index is 11.9. The van der Waals surface area contributed by atoms with Crippen LogP contribution in [0.25, 0.3) is 0 Å². The van der Waals surface area contributed by atoms with Crippen LogP contribution in [0.3, 0.4) is 0 Å². The third kappa shape index (κ3) is 5.55. The molecule has 25 heavy (non-hydrogen) atoms. The van der Waals surface area contributed by atoms with Crippen molar-refractivity contribution in [3.8, 4) is 0 Å². The Labute approximate surface area is 155 Å². The highest BCUT2D eigenvalue weighted by Gasteiger charge is 2.26. The van der Waals surface area contributed by atoms with E-state index in [1.54, 1.807) is 13.8 Å². The van der Waals surface area contributed by atoms with Gasteiger partial charge in [-0.3, -0.25) is 0 Å². The van der Waals surface area contributed by atoms with Gasteiger partial charge in [-0.15, -0.1) is 0 Å². The zero-order valence-electron chi connectivity index (χ0n) is 14.2. The van der Waals surface area contributed by atoms with Gasteiger partial charge in [-0.2, -0.15) is 0 Å². The van der Waals surface area contributed by atoms with Crippen LogP contribution in [0.5, 0.6) is 0 Å². The van der Waals surface area contributed by atoms with Crippen LogP contribution in [0.15, 0.2) is 40.5 Å². The monoisotopic (exact) mass is 411 g/mol. The first-order chi connectivity index (χ1) is 12.0. The molecule has 1 aromatic carbocycles. The van der Waals surface area contributed by atoms with Crippen molar-refractivity contribution >= 4 is 27.9 Å². The molecule has 0 spiro atoms. The summed E-state index contributed by atoms with van der Waals surface area (Å²) in [5.41, 5.74) is 7.26. The van der Waals surface area contributed by atoms with Crippen LogP contribution < -0.4 is 16.2 Å². The molecule has 3 N–H and O–H groups in total. The smallest absolute Gasteiger partial charge is 0.347 e. The number of halogens is 1. The first kappa shape index (κ1) is 19.4. The van der Waals surface area contributed by atoms with Gasteiger partial charge in [0.15, 0.2) is 5.57 Å². The maximum Gasteiger partial charge on any atom is 0.347 e. The van der Waals surface area contributed by atoms with Crippen molar-refractivity contribution in [3.05, 3.63) is 46.1 Å². The van der Waals surface area contributed by atoms with Crippen molar-refractivity contribution in [2.75, 3.05) is 13.2 Å². The predicted molar refractivity (Wildman–Crippen MR) is 96.0 cm³/mol. The molecule has 8 heteroatoms. The van der Waals surface area contributed by atoms with Gasteiger partial charge in [0.05, 0.1) is 19.4 Å². The second-order valence-corrected chi connectivity index (χ2v) is 6.27. The molecule has 1 aromatic rings. The Morgan fingerprint density at radius 1 is 1.24 bits per heavy atom. The van der Waals surface area contributed by atoms with Crippen LogP contribution >= 0.6 is 15.9 Å². The normalized spacial score (nSPS) is 19.2. The van der Waals surface area contributed by atoms with Crippen molar-refractivity contribution in [3.63, 3.8) is 0 Å². The summed E-state index contributed by atoms with van der Waals surface area (Å²) in [6.45, 7) is 3.73. The van der Waals surface area contributed by atoms with Crippen LogP contribution in [0, 0.1) is 0 Å². The van der Waals surface area contributed by atoms with Crippen molar-refractivity contribution in [1.82, 2.24) is 16.2 Å². The highest BCUT2D eigenvalue weighted by Crippen LogP contribution is 2.24. The summed E-state index contributed by atoms with van der Waals surface area (Å²) in [5, 5.41) is 3.03. The molecule has 1 fully saturated rings. The van der Waals surface area contributed by atoms with Crippen LogP contribution in [-0.4, -0.2) is 31.3 Å². The lowest BCUT2D eigenvalue weighted by atomic mass is 10.0. The highest BCUT2D eigenvalue weighted by molar-refractivity contribution is 9.10. The van der Waals surface area contributed by atoms with E-state index in [1.165, 1.54) is 6.20 Å². The number of benzene rings is 1. The number of hydrazine groups is 1. The van der Waals surface area contributed by atoms with Gasteiger partial charge in [-0.05, 0) is 31.5 Å². The average molecular weight is 412 g/mol. The van der Waals surface area contributed by atoms with E-state index in [1.807, 2.05) is 24.3 Å². The van der Waals surface area contributed by atoms with Crippen LogP contribution in [-0.2, 0) is 19.1 Å². The third-order valence-electron chi connectivity index (χ3n) is 3.57. The van der Waals surface area contributed by atoms with E-state index in [0.29, 0.717) is 0 Å². The van der Waals surface area contributed by atoms with Gasteiger partial charge in [0.1, 0.15) is 0 Å². The van der Waals surface area contributed by atoms with Gasteiger partial charge in [0.2, 0.25) is 0 Å². The van der Waals surface area contributed by atoms with Crippen LogP contribution in [0.4, 0.5) is 0 Å². The molecule has 7 nitrogen and oxygen atoms in total. The van der Waals surface area contributed by atoms with E-state index in [4.69, 9.17) is 9.47 Å². The summed E-state index contributed by atoms with van der Waals surface area (Å²) in [7, 11) is 0. The molecular formula is C17H22BrN3O4. The zero-order chi connectivity index (χ0) is 18.2. The number of carbonyl (C=O) groups is 2. The maximum atomic E-state index is 11.9. The minimum atomic E-state index is -0.706. The second-order valence-electron chi connectivity index (χ2n) is 5.35. The third-order valence-corrected chi connectivity index (χ3v) is 4.07. The Balaban J connectivity index is 2.00. The summed E-state index contributed by atoms with van der Waals surface area (Å²) in [4.78, 5) is 23.8. The fourth-order valence-corrected chi connectivity index (χ4v) is 2.83. The van der Waals surface area contributed by atoms with E-state index < -0.39 is 11.9 Å². The number of hydrogen-bond acceptors (Lipinski definition) is 7. The molecule has 2 atom stereocenters. The Hall–Kier alpha value is -1.90. The van der Waals surface area contributed by atoms with E-state index in [9.17, 15) is 9.59 Å². The fourth-order valence-electron chi connectivity index (χ4n) is 2.41. The minimum Gasteiger partial charge on any atom is -0.462 e. The molecule has 2 rings (SSSR count). The lowest BCUT2D eigenvalue weighted by Crippen LogP contribution is -2.39. The van der Waals surface area contributed by atoms with E-state index in [2.05, 4.69) is 32.1 Å². The number of rotatable bonds is 7. The topological polar surface area (TPSA) is 88.7 Å². The van der Waals surface area contributed by atoms with Crippen LogP contribution in [0.2, 0.25) is 0 Å². The first-order valence-electron chi connectivity index (χ1n) is 8.12. The molecule has 0 aliphatic carbocycles. The molecule has 1 heterocycles. The van der Waals surface area contributed by atoms with Gasteiger partial charge >= 0.3 is 11.9 Å². The Morgan fingerprint density at radius 3 is 2.52 bits per heavy atom. The molecule has 2 unspecified atom stereocenters. The molecule has 1 aliphatic rings. The van der Waals surface area contributed by atoms with Gasteiger partial charge in [-0.25, -0.2) is 20.4 Å². The molecule has 0 amide bonds. The van der Waals surface area contributed by atoms with E-state index in [0.717, 1.165) is 16.5 Å². The molecule has 0 bridgehead atoms.